The lowest BCUT2D eigenvalue weighted by Crippen LogP contribution is -2.26. The summed E-state index contributed by atoms with van der Waals surface area (Å²) in [6.07, 6.45) is 1.85. The molecule has 0 saturated carbocycles. The van der Waals surface area contributed by atoms with Crippen LogP contribution in [0.1, 0.15) is 11.1 Å². The van der Waals surface area contributed by atoms with Crippen LogP contribution in [0.5, 0.6) is 11.5 Å². The number of hydrogen-bond donors (Lipinski definition) is 1. The van der Waals surface area contributed by atoms with Gasteiger partial charge in [-0.3, -0.25) is 14.9 Å². The first-order chi connectivity index (χ1) is 14.8. The molecular weight excluding hydrogens is 400 g/mol. The smallest absolute Gasteiger partial charge is 0.293 e. The Labute approximate surface area is 180 Å². The minimum Gasteiger partial charge on any atom is -0.493 e. The van der Waals surface area contributed by atoms with Gasteiger partial charge in [-0.25, -0.2) is 0 Å². The van der Waals surface area contributed by atoms with Crippen LogP contribution in [0.25, 0.3) is 6.08 Å². The Morgan fingerprint density at radius 2 is 1.90 bits per heavy atom. The second-order valence-electron chi connectivity index (χ2n) is 6.76. The van der Waals surface area contributed by atoms with Crippen LogP contribution in [0.2, 0.25) is 0 Å². The van der Waals surface area contributed by atoms with E-state index in [9.17, 15) is 20.2 Å². The summed E-state index contributed by atoms with van der Waals surface area (Å²) in [5, 5.41) is 23.4. The fraction of sp³-hybridized carbons (Fsp3) is 0.273. The highest BCUT2D eigenvalue weighted by molar-refractivity contribution is 6.01. The highest BCUT2D eigenvalue weighted by atomic mass is 16.6. The quantitative estimate of drug-likeness (QED) is 0.285. The van der Waals surface area contributed by atoms with Crippen LogP contribution in [0.4, 0.5) is 11.4 Å². The van der Waals surface area contributed by atoms with Gasteiger partial charge < -0.3 is 19.7 Å². The predicted molar refractivity (Wildman–Crippen MR) is 117 cm³/mol. The van der Waals surface area contributed by atoms with Crippen molar-refractivity contribution in [2.45, 2.75) is 6.42 Å². The molecule has 0 spiro atoms. The maximum atomic E-state index is 12.4. The van der Waals surface area contributed by atoms with E-state index in [0.717, 1.165) is 5.56 Å². The number of hydrogen-bond acceptors (Lipinski definition) is 7. The van der Waals surface area contributed by atoms with Gasteiger partial charge >= 0.3 is 0 Å². The number of nitrogens with zero attached hydrogens (tertiary/aromatic N) is 3. The van der Waals surface area contributed by atoms with Crippen LogP contribution in [0.15, 0.2) is 42.0 Å². The Balaban J connectivity index is 2.10. The van der Waals surface area contributed by atoms with E-state index in [1.807, 2.05) is 18.2 Å². The van der Waals surface area contributed by atoms with Gasteiger partial charge in [0.05, 0.1) is 19.1 Å². The van der Waals surface area contributed by atoms with Crippen molar-refractivity contribution in [2.75, 3.05) is 39.8 Å². The van der Waals surface area contributed by atoms with Crippen LogP contribution in [-0.2, 0) is 11.2 Å². The average molecular weight is 424 g/mol. The van der Waals surface area contributed by atoms with Gasteiger partial charge in [-0.1, -0.05) is 12.1 Å². The third-order valence-corrected chi connectivity index (χ3v) is 4.50. The zero-order chi connectivity index (χ0) is 23.0. The molecule has 2 aromatic carbocycles. The number of carbonyl (C=O) groups excluding carboxylic acids is 1. The largest absolute Gasteiger partial charge is 0.493 e. The monoisotopic (exact) mass is 424 g/mol. The first-order valence-corrected chi connectivity index (χ1v) is 9.37. The molecule has 1 amide bonds. The number of nitro groups is 1. The molecule has 1 N–H and O–H groups in total. The first kappa shape index (κ1) is 23.2. The number of nitro benzene ring substituents is 1. The maximum absolute atomic E-state index is 12.4. The van der Waals surface area contributed by atoms with E-state index in [1.165, 1.54) is 12.1 Å². The van der Waals surface area contributed by atoms with E-state index in [2.05, 4.69) is 5.32 Å². The van der Waals surface area contributed by atoms with Crippen molar-refractivity contribution in [3.8, 4) is 17.6 Å². The van der Waals surface area contributed by atoms with Crippen molar-refractivity contribution in [1.29, 1.82) is 5.26 Å². The number of nitrogens with one attached hydrogen (secondary N) is 1. The van der Waals surface area contributed by atoms with Crippen LogP contribution in [0.3, 0.4) is 0 Å². The van der Waals surface area contributed by atoms with Gasteiger partial charge in [-0.05, 0) is 41.8 Å². The number of anilines is 1. The number of ether oxygens (including phenoxy) is 2. The standard InChI is InChI=1S/C22H24N4O5/c1-25(2)18-7-5-16(12-19(18)26(28)29)11-17(14-23)22(27)24-10-9-15-6-8-20(30-3)21(13-15)31-4/h5-8,11-13H,9-10H2,1-4H3,(H,24,27)/b17-11-. The molecule has 0 aliphatic heterocycles. The summed E-state index contributed by atoms with van der Waals surface area (Å²) < 4.78 is 10.5. The molecule has 0 aliphatic rings. The van der Waals surface area contributed by atoms with Crippen molar-refractivity contribution in [2.24, 2.45) is 0 Å². The van der Waals surface area contributed by atoms with Gasteiger partial charge in [0.15, 0.2) is 11.5 Å². The Hall–Kier alpha value is -4.06. The van der Waals surface area contributed by atoms with Gasteiger partial charge in [-0.15, -0.1) is 0 Å². The third-order valence-electron chi connectivity index (χ3n) is 4.50. The van der Waals surface area contributed by atoms with Gasteiger partial charge in [-0.2, -0.15) is 5.26 Å². The summed E-state index contributed by atoms with van der Waals surface area (Å²) >= 11 is 0. The summed E-state index contributed by atoms with van der Waals surface area (Å²) in [7, 11) is 6.49. The highest BCUT2D eigenvalue weighted by Crippen LogP contribution is 2.29. The normalized spacial score (nSPS) is 10.7. The molecule has 0 radical (unpaired) electrons. The fourth-order valence-electron chi connectivity index (χ4n) is 2.92. The molecule has 9 nitrogen and oxygen atoms in total. The summed E-state index contributed by atoms with van der Waals surface area (Å²) in [5.74, 6) is 0.647. The third kappa shape index (κ3) is 5.96. The van der Waals surface area contributed by atoms with E-state index in [4.69, 9.17) is 9.47 Å². The SMILES string of the molecule is COc1ccc(CCNC(=O)/C(C#N)=C\c2ccc(N(C)C)c([N+](=O)[O-])c2)cc1OC. The molecule has 0 aromatic heterocycles. The van der Waals surface area contributed by atoms with Crippen molar-refractivity contribution >= 4 is 23.4 Å². The molecule has 9 heteroatoms. The van der Waals surface area contributed by atoms with Crippen LogP contribution in [0, 0.1) is 21.4 Å². The number of benzene rings is 2. The number of methoxy groups -OCH3 is 2. The number of nitriles is 1. The van der Waals surface area contributed by atoms with Crippen LogP contribution < -0.4 is 19.7 Å². The molecule has 0 aliphatic carbocycles. The van der Waals surface area contributed by atoms with E-state index in [0.29, 0.717) is 35.7 Å². The summed E-state index contributed by atoms with van der Waals surface area (Å²) in [6, 6.07) is 11.8. The zero-order valence-corrected chi connectivity index (χ0v) is 17.8. The van der Waals surface area contributed by atoms with Crippen LogP contribution in [-0.4, -0.2) is 45.7 Å². The number of carbonyl (C=O) groups is 1. The molecule has 162 valence electrons. The maximum Gasteiger partial charge on any atom is 0.293 e. The first-order valence-electron chi connectivity index (χ1n) is 9.37. The second-order valence-corrected chi connectivity index (χ2v) is 6.76. The Kier molecular flexibility index (Phi) is 7.97. The highest BCUT2D eigenvalue weighted by Gasteiger charge is 2.17. The Morgan fingerprint density at radius 3 is 2.48 bits per heavy atom. The summed E-state index contributed by atoms with van der Waals surface area (Å²) in [6.45, 7) is 0.299. The van der Waals surface area contributed by atoms with Crippen LogP contribution >= 0.6 is 0 Å². The lowest BCUT2D eigenvalue weighted by atomic mass is 10.1. The molecule has 0 bridgehead atoms. The second kappa shape index (κ2) is 10.6. The molecule has 31 heavy (non-hydrogen) atoms. The van der Waals surface area contributed by atoms with Gasteiger partial charge in [0.1, 0.15) is 17.3 Å². The van der Waals surface area contributed by atoms with E-state index in [1.54, 1.807) is 51.4 Å². The molecule has 0 heterocycles. The van der Waals surface area contributed by atoms with Gasteiger partial charge in [0, 0.05) is 26.7 Å². The van der Waals surface area contributed by atoms with Gasteiger partial charge in [0.2, 0.25) is 0 Å². The van der Waals surface area contributed by atoms with E-state index >= 15 is 0 Å². The minimum atomic E-state index is -0.553. The van der Waals surface area contributed by atoms with Crippen molar-refractivity contribution in [3.63, 3.8) is 0 Å². The lowest BCUT2D eigenvalue weighted by Gasteiger charge is -2.12. The number of rotatable bonds is 9. The molecular formula is C22H24N4O5. The molecule has 0 saturated heterocycles. The Bertz CT molecular complexity index is 1040. The van der Waals surface area contributed by atoms with E-state index in [-0.39, 0.29) is 11.3 Å². The van der Waals surface area contributed by atoms with Crippen molar-refractivity contribution < 1.29 is 19.2 Å². The summed E-state index contributed by atoms with van der Waals surface area (Å²) in [5.41, 5.74) is 1.50. The Morgan fingerprint density at radius 1 is 1.19 bits per heavy atom. The molecule has 0 unspecified atom stereocenters. The molecule has 2 rings (SSSR count). The molecule has 2 aromatic rings. The summed E-state index contributed by atoms with van der Waals surface area (Å²) in [4.78, 5) is 24.8. The fourth-order valence-corrected chi connectivity index (χ4v) is 2.92. The lowest BCUT2D eigenvalue weighted by molar-refractivity contribution is -0.384. The predicted octanol–water partition coefficient (Wildman–Crippen LogP) is 2.94. The zero-order valence-electron chi connectivity index (χ0n) is 17.8. The van der Waals surface area contributed by atoms with Crippen molar-refractivity contribution in [1.82, 2.24) is 5.32 Å². The topological polar surface area (TPSA) is 118 Å². The minimum absolute atomic E-state index is 0.107. The van der Waals surface area contributed by atoms with Crippen molar-refractivity contribution in [3.05, 3.63) is 63.2 Å². The number of amides is 1. The van der Waals surface area contributed by atoms with Gasteiger partial charge in [0.25, 0.3) is 11.6 Å². The molecule has 0 fully saturated rings. The molecule has 0 atom stereocenters. The van der Waals surface area contributed by atoms with E-state index < -0.39 is 10.8 Å². The average Bonchev–Trinajstić information content (AvgIpc) is 2.76.